The quantitative estimate of drug-likeness (QED) is 0.299. The van der Waals surface area contributed by atoms with Crippen LogP contribution in [-0.4, -0.2) is 45.7 Å². The molecule has 1 N–H and O–H groups in total. The van der Waals surface area contributed by atoms with Crippen molar-refractivity contribution in [3.05, 3.63) is 94.8 Å². The lowest BCUT2D eigenvalue weighted by molar-refractivity contribution is -0.384. The van der Waals surface area contributed by atoms with E-state index in [1.807, 2.05) is 30.3 Å². The van der Waals surface area contributed by atoms with Crippen molar-refractivity contribution < 1.29 is 18.1 Å². The van der Waals surface area contributed by atoms with Crippen LogP contribution in [-0.2, 0) is 21.4 Å². The Morgan fingerprint density at radius 3 is 2.42 bits per heavy atom. The Morgan fingerprint density at radius 1 is 1.06 bits per heavy atom. The Bertz CT molecular complexity index is 1540. The molecular weight excluding hydrogens is 482 g/mol. The molecule has 0 aliphatic carbocycles. The van der Waals surface area contributed by atoms with E-state index < -0.39 is 14.9 Å². The van der Waals surface area contributed by atoms with E-state index in [1.165, 1.54) is 24.4 Å². The van der Waals surface area contributed by atoms with E-state index in [2.05, 4.69) is 10.3 Å². The van der Waals surface area contributed by atoms with E-state index in [9.17, 15) is 23.3 Å². The van der Waals surface area contributed by atoms with E-state index in [0.717, 1.165) is 15.7 Å². The molecule has 36 heavy (non-hydrogen) atoms. The third-order valence-corrected chi connectivity index (χ3v) is 7.92. The lowest BCUT2D eigenvalue weighted by Crippen LogP contribution is -2.42. The van der Waals surface area contributed by atoms with Crippen molar-refractivity contribution in [2.75, 3.05) is 11.9 Å². The standard InChI is InChI=1S/C25H23N5O5S/c31-23-15-19(11-13-28(23)17-18-7-3-1-4-8-18)27-24-21-12-14-29(25(21)26-16-22(24)30(32)33)36(34,35)20-9-5-2-6-10-20/h1-10,12,14,16,19H,11,13,15,17H2,(H,26,27). The number of piperidine rings is 1. The minimum Gasteiger partial charge on any atom is -0.376 e. The molecule has 0 radical (unpaired) electrons. The van der Waals surface area contributed by atoms with Crippen LogP contribution in [0.25, 0.3) is 11.0 Å². The fourth-order valence-electron chi connectivity index (χ4n) is 4.42. The zero-order chi connectivity index (χ0) is 25.3. The minimum absolute atomic E-state index is 0.0558. The predicted molar refractivity (Wildman–Crippen MR) is 134 cm³/mol. The molecule has 0 saturated carbocycles. The van der Waals surface area contributed by atoms with Crippen molar-refractivity contribution in [2.45, 2.75) is 30.3 Å². The number of pyridine rings is 1. The Labute approximate surface area is 207 Å². The van der Waals surface area contributed by atoms with E-state index in [0.29, 0.717) is 24.9 Å². The zero-order valence-corrected chi connectivity index (χ0v) is 20.0. The average Bonchev–Trinajstić information content (AvgIpc) is 3.32. The molecule has 2 aromatic heterocycles. The highest BCUT2D eigenvalue weighted by atomic mass is 32.2. The molecule has 3 heterocycles. The lowest BCUT2D eigenvalue weighted by Gasteiger charge is -2.32. The summed E-state index contributed by atoms with van der Waals surface area (Å²) in [7, 11) is -3.96. The molecule has 1 saturated heterocycles. The Balaban J connectivity index is 1.44. The Hall–Kier alpha value is -4.25. The van der Waals surface area contributed by atoms with Crippen molar-refractivity contribution in [3.63, 3.8) is 0 Å². The molecule has 10 nitrogen and oxygen atoms in total. The molecule has 0 bridgehead atoms. The van der Waals surface area contributed by atoms with Gasteiger partial charge in [-0.15, -0.1) is 0 Å². The summed E-state index contributed by atoms with van der Waals surface area (Å²) in [5.41, 5.74) is 0.974. The summed E-state index contributed by atoms with van der Waals surface area (Å²) in [4.78, 5) is 30.0. The highest BCUT2D eigenvalue weighted by molar-refractivity contribution is 7.90. The molecule has 5 rings (SSSR count). The summed E-state index contributed by atoms with van der Waals surface area (Å²) in [5, 5.41) is 15.2. The van der Waals surface area contributed by atoms with Crippen LogP contribution < -0.4 is 5.32 Å². The van der Waals surface area contributed by atoms with Crippen molar-refractivity contribution >= 4 is 38.3 Å². The van der Waals surface area contributed by atoms with Crippen LogP contribution in [0.1, 0.15) is 18.4 Å². The number of nitrogens with zero attached hydrogens (tertiary/aromatic N) is 4. The van der Waals surface area contributed by atoms with Gasteiger partial charge in [-0.1, -0.05) is 48.5 Å². The minimum atomic E-state index is -3.96. The second-order valence-electron chi connectivity index (χ2n) is 8.58. The van der Waals surface area contributed by atoms with Crippen LogP contribution in [0.4, 0.5) is 11.4 Å². The van der Waals surface area contributed by atoms with Crippen LogP contribution in [0.5, 0.6) is 0 Å². The summed E-state index contributed by atoms with van der Waals surface area (Å²) in [6.07, 6.45) is 3.13. The number of rotatable bonds is 7. The average molecular weight is 506 g/mol. The number of carbonyl (C=O) groups is 1. The number of likely N-dealkylation sites (tertiary alicyclic amines) is 1. The van der Waals surface area contributed by atoms with Crippen LogP contribution in [0.3, 0.4) is 0 Å². The van der Waals surface area contributed by atoms with Gasteiger partial charge in [-0.2, -0.15) is 0 Å². The molecule has 11 heteroatoms. The normalized spacial score (nSPS) is 16.3. The van der Waals surface area contributed by atoms with Crippen LogP contribution in [0.15, 0.2) is 84.0 Å². The van der Waals surface area contributed by atoms with Gasteiger partial charge in [-0.3, -0.25) is 14.9 Å². The van der Waals surface area contributed by atoms with Crippen LogP contribution >= 0.6 is 0 Å². The van der Waals surface area contributed by atoms with Gasteiger partial charge in [-0.25, -0.2) is 17.4 Å². The maximum absolute atomic E-state index is 13.2. The predicted octanol–water partition coefficient (Wildman–Crippen LogP) is 3.78. The van der Waals surface area contributed by atoms with Gasteiger partial charge in [0.05, 0.1) is 15.2 Å². The van der Waals surface area contributed by atoms with Crippen molar-refractivity contribution in [1.82, 2.24) is 13.9 Å². The number of fused-ring (bicyclic) bond motifs is 1. The maximum atomic E-state index is 13.2. The third kappa shape index (κ3) is 4.40. The van der Waals surface area contributed by atoms with Gasteiger partial charge < -0.3 is 10.2 Å². The number of hydrogen-bond acceptors (Lipinski definition) is 7. The topological polar surface area (TPSA) is 127 Å². The van der Waals surface area contributed by atoms with E-state index in [1.54, 1.807) is 23.1 Å². The van der Waals surface area contributed by atoms with E-state index in [-0.39, 0.29) is 40.3 Å². The van der Waals surface area contributed by atoms with Gasteiger partial charge >= 0.3 is 5.69 Å². The van der Waals surface area contributed by atoms with Crippen molar-refractivity contribution in [3.8, 4) is 0 Å². The summed E-state index contributed by atoms with van der Waals surface area (Å²) < 4.78 is 27.4. The molecule has 184 valence electrons. The number of nitrogens with one attached hydrogen (secondary N) is 1. The SMILES string of the molecule is O=C1CC(Nc2c([N+](=O)[O-])cnc3c2ccn3S(=O)(=O)c2ccccc2)CCN1Cc1ccccc1. The first-order valence-electron chi connectivity index (χ1n) is 11.4. The highest BCUT2D eigenvalue weighted by Crippen LogP contribution is 2.35. The second kappa shape index (κ2) is 9.42. The van der Waals surface area contributed by atoms with E-state index >= 15 is 0 Å². The van der Waals surface area contributed by atoms with Crippen LogP contribution in [0, 0.1) is 10.1 Å². The lowest BCUT2D eigenvalue weighted by atomic mass is 10.0. The Kier molecular flexibility index (Phi) is 6.15. The highest BCUT2D eigenvalue weighted by Gasteiger charge is 2.30. The maximum Gasteiger partial charge on any atom is 0.311 e. The fourth-order valence-corrected chi connectivity index (χ4v) is 5.74. The van der Waals surface area contributed by atoms with Crippen molar-refractivity contribution in [2.24, 2.45) is 0 Å². The molecule has 0 spiro atoms. The number of amides is 1. The number of anilines is 1. The van der Waals surface area contributed by atoms with Gasteiger partial charge in [0.15, 0.2) is 5.65 Å². The molecule has 1 unspecified atom stereocenters. The number of benzene rings is 2. The summed E-state index contributed by atoms with van der Waals surface area (Å²) in [6, 6.07) is 18.7. The molecule has 1 aliphatic rings. The van der Waals surface area contributed by atoms with Crippen LogP contribution in [0.2, 0.25) is 0 Å². The first kappa shape index (κ1) is 23.5. The summed E-state index contributed by atoms with van der Waals surface area (Å²) in [6.45, 7) is 1.00. The number of nitro groups is 1. The summed E-state index contributed by atoms with van der Waals surface area (Å²) >= 11 is 0. The molecule has 1 aliphatic heterocycles. The number of aromatic nitrogens is 2. The number of hydrogen-bond donors (Lipinski definition) is 1. The third-order valence-electron chi connectivity index (χ3n) is 6.24. The molecule has 2 aromatic carbocycles. The Morgan fingerprint density at radius 2 is 1.75 bits per heavy atom. The number of carbonyl (C=O) groups excluding carboxylic acids is 1. The summed E-state index contributed by atoms with van der Waals surface area (Å²) in [5.74, 6) is -0.0558. The second-order valence-corrected chi connectivity index (χ2v) is 10.4. The van der Waals surface area contributed by atoms with Crippen molar-refractivity contribution in [1.29, 1.82) is 0 Å². The van der Waals surface area contributed by atoms with Gasteiger partial charge in [0.2, 0.25) is 5.91 Å². The molecule has 1 amide bonds. The molecule has 1 fully saturated rings. The van der Waals surface area contributed by atoms with Gasteiger partial charge in [-0.05, 0) is 30.2 Å². The molecule has 4 aromatic rings. The monoisotopic (exact) mass is 505 g/mol. The first-order valence-corrected chi connectivity index (χ1v) is 12.8. The fraction of sp³-hybridized carbons (Fsp3) is 0.200. The molecule has 1 atom stereocenters. The smallest absolute Gasteiger partial charge is 0.311 e. The van der Waals surface area contributed by atoms with Gasteiger partial charge in [0, 0.05) is 31.7 Å². The van der Waals surface area contributed by atoms with E-state index in [4.69, 9.17) is 0 Å². The van der Waals surface area contributed by atoms with Gasteiger partial charge in [0.1, 0.15) is 11.9 Å². The zero-order valence-electron chi connectivity index (χ0n) is 19.1. The van der Waals surface area contributed by atoms with Gasteiger partial charge in [0.25, 0.3) is 10.0 Å². The first-order chi connectivity index (χ1) is 17.3. The molecular formula is C25H23N5O5S. The largest absolute Gasteiger partial charge is 0.376 e.